The van der Waals surface area contributed by atoms with Crippen LogP contribution in [0.15, 0.2) is 0 Å². The van der Waals surface area contributed by atoms with Gasteiger partial charge in [0.2, 0.25) is 0 Å². The highest BCUT2D eigenvalue weighted by Crippen LogP contribution is 2.20. The number of alkyl halides is 2. The van der Waals surface area contributed by atoms with Crippen molar-refractivity contribution in [2.45, 2.75) is 141 Å². The summed E-state index contributed by atoms with van der Waals surface area (Å²) < 4.78 is 30.9. The van der Waals surface area contributed by atoms with Gasteiger partial charge in [0.25, 0.3) is 6.43 Å². The Morgan fingerprint density at radius 3 is 1.68 bits per heavy atom. The van der Waals surface area contributed by atoms with E-state index in [1.807, 2.05) is 0 Å². The van der Waals surface area contributed by atoms with E-state index in [0.29, 0.717) is 11.5 Å². The first-order valence-electron chi connectivity index (χ1n) is 14.1. The van der Waals surface area contributed by atoms with E-state index in [4.69, 9.17) is 20.4 Å². The number of nitrogens with zero attached hydrogens (tertiary/aromatic N) is 1. The number of carboxylic acids is 1. The highest BCUT2D eigenvalue weighted by Gasteiger charge is 2.43. The standard InChI is InChI=1S/C27H50F2N2O6/c1-3-5-6-7-8-9-10-11-12-13-14-15-16-17-18-20-23(32)37-31(26(35)36-4-2)22-19-21-27(30,24(28)29)25(33)34/h24H,3-22,30H2,1-2H3,(H,33,34). The number of nitrogens with two attached hydrogens (primary N) is 1. The predicted molar refractivity (Wildman–Crippen MR) is 139 cm³/mol. The molecular formula is C27H50F2N2O6. The highest BCUT2D eigenvalue weighted by molar-refractivity contribution is 5.79. The quantitative estimate of drug-likeness (QED) is 0.107. The lowest BCUT2D eigenvalue weighted by molar-refractivity contribution is -0.182. The van der Waals surface area contributed by atoms with Crippen LogP contribution in [0.3, 0.4) is 0 Å². The fourth-order valence-corrected chi connectivity index (χ4v) is 4.00. The molecule has 0 aliphatic heterocycles. The number of halogens is 2. The van der Waals surface area contributed by atoms with Crippen LogP contribution in [0.4, 0.5) is 13.6 Å². The topological polar surface area (TPSA) is 119 Å². The van der Waals surface area contributed by atoms with E-state index >= 15 is 0 Å². The van der Waals surface area contributed by atoms with Crippen LogP contribution in [-0.2, 0) is 19.2 Å². The van der Waals surface area contributed by atoms with Crippen molar-refractivity contribution >= 4 is 18.0 Å². The SMILES string of the molecule is CCCCCCCCCCCCCCCCCC(=O)ON(CCCC(N)(C(=O)O)C(F)F)C(=O)OCC. The van der Waals surface area contributed by atoms with Gasteiger partial charge < -0.3 is 20.4 Å². The van der Waals surface area contributed by atoms with Gasteiger partial charge >= 0.3 is 18.0 Å². The molecule has 10 heteroatoms. The molecule has 0 fully saturated rings. The van der Waals surface area contributed by atoms with Gasteiger partial charge in [-0.25, -0.2) is 23.2 Å². The van der Waals surface area contributed by atoms with E-state index < -0.39 is 36.4 Å². The number of aliphatic carboxylic acids is 1. The van der Waals surface area contributed by atoms with E-state index in [2.05, 4.69) is 6.92 Å². The lowest BCUT2D eigenvalue weighted by Gasteiger charge is -2.25. The van der Waals surface area contributed by atoms with Crippen LogP contribution < -0.4 is 5.73 Å². The second kappa shape index (κ2) is 22.1. The van der Waals surface area contributed by atoms with Gasteiger partial charge in [-0.3, -0.25) is 0 Å². The zero-order valence-corrected chi connectivity index (χ0v) is 23.0. The van der Waals surface area contributed by atoms with E-state index in [-0.39, 0.29) is 26.0 Å². The Labute approximate surface area is 221 Å². The van der Waals surface area contributed by atoms with Gasteiger partial charge in [-0.05, 0) is 26.2 Å². The highest BCUT2D eigenvalue weighted by atomic mass is 19.3. The van der Waals surface area contributed by atoms with Gasteiger partial charge in [-0.15, -0.1) is 5.06 Å². The molecule has 0 heterocycles. The van der Waals surface area contributed by atoms with E-state index in [0.717, 1.165) is 19.3 Å². The van der Waals surface area contributed by atoms with E-state index in [1.165, 1.54) is 70.6 Å². The minimum atomic E-state index is -3.28. The molecule has 0 aromatic heterocycles. The van der Waals surface area contributed by atoms with E-state index in [1.54, 1.807) is 6.92 Å². The molecule has 1 unspecified atom stereocenters. The minimum Gasteiger partial charge on any atom is -0.480 e. The number of hydroxylamine groups is 2. The Hall–Kier alpha value is -1.97. The summed E-state index contributed by atoms with van der Waals surface area (Å²) in [5.74, 6) is -2.47. The van der Waals surface area contributed by atoms with Crippen LogP contribution in [0, 0.1) is 0 Å². The minimum absolute atomic E-state index is 0.0267. The van der Waals surface area contributed by atoms with Gasteiger partial charge in [0.15, 0.2) is 5.54 Å². The molecule has 3 N–H and O–H groups in total. The third-order valence-electron chi connectivity index (χ3n) is 6.41. The zero-order chi connectivity index (χ0) is 27.9. The summed E-state index contributed by atoms with van der Waals surface area (Å²) in [7, 11) is 0. The Morgan fingerprint density at radius 2 is 1.27 bits per heavy atom. The molecule has 1 atom stereocenters. The van der Waals surface area contributed by atoms with Crippen LogP contribution in [0.5, 0.6) is 0 Å². The third-order valence-corrected chi connectivity index (χ3v) is 6.41. The number of hydrogen-bond donors (Lipinski definition) is 2. The Kier molecular flexibility index (Phi) is 20.9. The number of carbonyl (C=O) groups is 3. The molecule has 0 aromatic carbocycles. The first-order valence-corrected chi connectivity index (χ1v) is 14.1. The average molecular weight is 537 g/mol. The molecule has 1 amide bonds. The van der Waals surface area contributed by atoms with Crippen LogP contribution >= 0.6 is 0 Å². The van der Waals surface area contributed by atoms with Crippen molar-refractivity contribution < 1.29 is 37.8 Å². The van der Waals surface area contributed by atoms with Crippen molar-refractivity contribution in [1.82, 2.24) is 5.06 Å². The lowest BCUT2D eigenvalue weighted by atomic mass is 9.95. The van der Waals surface area contributed by atoms with Gasteiger partial charge in [-0.1, -0.05) is 96.8 Å². The molecule has 0 spiro atoms. The summed E-state index contributed by atoms with van der Waals surface area (Å²) in [6.07, 6.45) is 13.1. The van der Waals surface area contributed by atoms with Gasteiger partial charge in [0.05, 0.1) is 13.2 Å². The van der Waals surface area contributed by atoms with Gasteiger partial charge in [-0.2, -0.15) is 0 Å². The first kappa shape index (κ1) is 35.0. The monoisotopic (exact) mass is 536 g/mol. The molecule has 0 aliphatic rings. The van der Waals surface area contributed by atoms with Gasteiger partial charge in [0, 0.05) is 6.42 Å². The second-order valence-electron chi connectivity index (χ2n) is 9.71. The molecule has 0 bridgehead atoms. The van der Waals surface area contributed by atoms with Crippen LogP contribution in [0.2, 0.25) is 0 Å². The summed E-state index contributed by atoms with van der Waals surface area (Å²) in [5.41, 5.74) is 2.55. The Morgan fingerprint density at radius 1 is 0.811 bits per heavy atom. The van der Waals surface area contributed by atoms with Crippen molar-refractivity contribution in [3.8, 4) is 0 Å². The first-order chi connectivity index (χ1) is 17.7. The predicted octanol–water partition coefficient (Wildman–Crippen LogP) is 6.99. The number of amides is 1. The van der Waals surface area contributed by atoms with Gasteiger partial charge in [0.1, 0.15) is 0 Å². The van der Waals surface area contributed by atoms with Crippen molar-refractivity contribution in [3.63, 3.8) is 0 Å². The zero-order valence-electron chi connectivity index (χ0n) is 23.0. The summed E-state index contributed by atoms with van der Waals surface area (Å²) in [5, 5.41) is 9.62. The molecule has 0 rings (SSSR count). The third kappa shape index (κ3) is 17.2. The second-order valence-corrected chi connectivity index (χ2v) is 9.71. The molecule has 0 aliphatic carbocycles. The molecule has 218 valence electrons. The lowest BCUT2D eigenvalue weighted by Crippen LogP contribution is -2.54. The maximum atomic E-state index is 13.0. The van der Waals surface area contributed by atoms with E-state index in [9.17, 15) is 23.2 Å². The number of rotatable bonds is 23. The van der Waals surface area contributed by atoms with Crippen LogP contribution in [0.25, 0.3) is 0 Å². The molecule has 0 saturated heterocycles. The summed E-state index contributed by atoms with van der Waals surface area (Å²) in [4.78, 5) is 40.3. The number of carboxylic acid groups (broad SMARTS) is 1. The maximum Gasteiger partial charge on any atom is 0.443 e. The smallest absolute Gasteiger partial charge is 0.443 e. The molecule has 0 radical (unpaired) electrons. The normalized spacial score (nSPS) is 12.8. The molecule has 8 nitrogen and oxygen atoms in total. The van der Waals surface area contributed by atoms with Crippen molar-refractivity contribution in [2.24, 2.45) is 5.73 Å². The number of carbonyl (C=O) groups excluding carboxylic acids is 2. The number of ether oxygens (including phenoxy) is 1. The Balaban J connectivity index is 4.04. The average Bonchev–Trinajstić information content (AvgIpc) is 2.85. The van der Waals surface area contributed by atoms with Crippen LogP contribution in [-0.4, -0.2) is 53.3 Å². The molecular weight excluding hydrogens is 486 g/mol. The fourth-order valence-electron chi connectivity index (χ4n) is 4.00. The summed E-state index contributed by atoms with van der Waals surface area (Å²) in [6, 6.07) is 0. The maximum absolute atomic E-state index is 13.0. The van der Waals surface area contributed by atoms with Crippen molar-refractivity contribution in [1.29, 1.82) is 0 Å². The van der Waals surface area contributed by atoms with Crippen LogP contribution in [0.1, 0.15) is 129 Å². The van der Waals surface area contributed by atoms with Crippen molar-refractivity contribution in [2.75, 3.05) is 13.2 Å². The van der Waals surface area contributed by atoms with Crippen molar-refractivity contribution in [3.05, 3.63) is 0 Å². The Bertz CT molecular complexity index is 624. The molecule has 0 saturated carbocycles. The molecule has 37 heavy (non-hydrogen) atoms. The fraction of sp³-hybridized carbons (Fsp3) is 0.889. The number of hydrogen-bond acceptors (Lipinski definition) is 6. The molecule has 0 aromatic rings. The summed E-state index contributed by atoms with van der Waals surface area (Å²) >= 11 is 0. The number of unbranched alkanes of at least 4 members (excludes halogenated alkanes) is 14. The largest absolute Gasteiger partial charge is 0.480 e. The summed E-state index contributed by atoms with van der Waals surface area (Å²) in [6.45, 7) is 3.53.